The Bertz CT molecular complexity index is 343. The van der Waals surface area contributed by atoms with Gasteiger partial charge in [0.15, 0.2) is 0 Å². The van der Waals surface area contributed by atoms with Gasteiger partial charge in [0.1, 0.15) is 0 Å². The highest BCUT2D eigenvalue weighted by Gasteiger charge is 1.93. The van der Waals surface area contributed by atoms with Crippen LogP contribution in [0.3, 0.4) is 0 Å². The maximum atomic E-state index is 10.3. The van der Waals surface area contributed by atoms with Gasteiger partial charge in [0.2, 0.25) is 0 Å². The maximum absolute atomic E-state index is 10.3. The molecule has 0 aromatic rings. The molecule has 0 aromatic carbocycles. The molecular weight excluding hydrogens is 288 g/mol. The zero-order valence-electron chi connectivity index (χ0n) is 14.4. The number of hydrogen-bond donors (Lipinski definition) is 1. The van der Waals surface area contributed by atoms with Gasteiger partial charge in [-0.3, -0.25) is 0 Å². The van der Waals surface area contributed by atoms with Crippen molar-refractivity contribution < 1.29 is 15.0 Å². The minimum atomic E-state index is -0.919. The number of carbonyl (C=O) groups is 1. The average Bonchev–Trinajstić information content (AvgIpc) is 2.53. The first-order valence-electron chi connectivity index (χ1n) is 9.08. The molecule has 1 N–H and O–H groups in total. The molecule has 0 aromatic heterocycles. The largest absolute Gasteiger partial charge is 0.478 e. The summed E-state index contributed by atoms with van der Waals surface area (Å²) in [7, 11) is 0. The van der Waals surface area contributed by atoms with E-state index in [9.17, 15) is 9.90 Å². The third-order valence-electron chi connectivity index (χ3n) is 3.72. The van der Waals surface area contributed by atoms with Crippen LogP contribution in [0.15, 0.2) is 36.5 Å². The van der Waals surface area contributed by atoms with E-state index in [-0.39, 0.29) is 6.61 Å². The highest BCUT2D eigenvalue weighted by Crippen LogP contribution is 2.12. The van der Waals surface area contributed by atoms with Crippen molar-refractivity contribution in [2.75, 3.05) is 6.61 Å². The van der Waals surface area contributed by atoms with Crippen molar-refractivity contribution in [3.63, 3.8) is 0 Å². The molecule has 1 radical (unpaired) electrons. The average molecular weight is 321 g/mol. The number of rotatable bonds is 16. The quantitative estimate of drug-likeness (QED) is 0.220. The summed E-state index contributed by atoms with van der Waals surface area (Å²) in [4.78, 5) is 10.2. The fourth-order valence-electron chi connectivity index (χ4n) is 2.40. The van der Waals surface area contributed by atoms with E-state index in [1.54, 1.807) is 6.08 Å². The Morgan fingerprint density at radius 2 is 1.13 bits per heavy atom. The summed E-state index contributed by atoms with van der Waals surface area (Å²) < 4.78 is 0. The molecule has 0 atom stereocenters. The Morgan fingerprint density at radius 3 is 1.65 bits per heavy atom. The second kappa shape index (κ2) is 18.7. The van der Waals surface area contributed by atoms with Crippen LogP contribution >= 0.6 is 0 Å². The highest BCUT2D eigenvalue weighted by atomic mass is 16.4. The number of allylic oxidation sites excluding steroid dienone is 5. The molecule has 0 spiro atoms. The lowest BCUT2D eigenvalue weighted by Gasteiger charge is -2.01. The van der Waals surface area contributed by atoms with E-state index in [2.05, 4.69) is 6.08 Å². The predicted molar refractivity (Wildman–Crippen MR) is 96.0 cm³/mol. The minimum absolute atomic E-state index is 0.0905. The van der Waals surface area contributed by atoms with E-state index >= 15 is 0 Å². The summed E-state index contributed by atoms with van der Waals surface area (Å²) in [6.07, 6.45) is 25.1. The van der Waals surface area contributed by atoms with Gasteiger partial charge in [0.25, 0.3) is 0 Å². The Kier molecular flexibility index (Phi) is 17.6. The normalized spacial score (nSPS) is 12.0. The Labute approximate surface area is 141 Å². The van der Waals surface area contributed by atoms with Gasteiger partial charge in [-0.1, -0.05) is 88.2 Å². The summed E-state index contributed by atoms with van der Waals surface area (Å²) >= 11 is 0. The fourth-order valence-corrected chi connectivity index (χ4v) is 2.40. The third-order valence-corrected chi connectivity index (χ3v) is 3.72. The van der Waals surface area contributed by atoms with Gasteiger partial charge in [-0.05, 0) is 19.3 Å². The van der Waals surface area contributed by atoms with E-state index in [4.69, 9.17) is 5.11 Å². The molecule has 23 heavy (non-hydrogen) atoms. The standard InChI is InChI=1S/C20H33O3/c21-19-17-15-13-11-9-7-5-3-1-2-4-6-8-10-12-14-16-18-20(22)23/h8,10,12,14,16,18H,1-7,9,11,13,15,17,19H2,(H,22,23). The molecule has 0 rings (SSSR count). The van der Waals surface area contributed by atoms with Gasteiger partial charge in [-0.15, -0.1) is 0 Å². The molecule has 0 fully saturated rings. The summed E-state index contributed by atoms with van der Waals surface area (Å²) in [6.45, 7) is 0.0905. The molecule has 0 aliphatic rings. The van der Waals surface area contributed by atoms with Crippen LogP contribution in [0.2, 0.25) is 0 Å². The van der Waals surface area contributed by atoms with E-state index in [0.29, 0.717) is 0 Å². The molecular formula is C20H33O3. The number of carboxylic acid groups (broad SMARTS) is 1. The van der Waals surface area contributed by atoms with Crippen molar-refractivity contribution >= 4 is 5.97 Å². The Hall–Kier alpha value is -1.35. The smallest absolute Gasteiger partial charge is 0.328 e. The molecule has 3 heteroatoms. The van der Waals surface area contributed by atoms with Crippen molar-refractivity contribution in [3.05, 3.63) is 36.5 Å². The van der Waals surface area contributed by atoms with Gasteiger partial charge in [-0.2, -0.15) is 0 Å². The van der Waals surface area contributed by atoms with Crippen LogP contribution in [0.25, 0.3) is 0 Å². The molecule has 131 valence electrons. The number of hydrogen-bond acceptors (Lipinski definition) is 1. The van der Waals surface area contributed by atoms with Crippen molar-refractivity contribution in [1.29, 1.82) is 0 Å². The van der Waals surface area contributed by atoms with E-state index < -0.39 is 5.97 Å². The van der Waals surface area contributed by atoms with Crippen LogP contribution in [0.4, 0.5) is 0 Å². The highest BCUT2D eigenvalue weighted by molar-refractivity contribution is 5.80. The molecule has 0 saturated carbocycles. The summed E-state index contributed by atoms with van der Waals surface area (Å²) in [6, 6.07) is 0. The lowest BCUT2D eigenvalue weighted by molar-refractivity contribution is -0.131. The fraction of sp³-hybridized carbons (Fsp3) is 0.650. The van der Waals surface area contributed by atoms with Crippen LogP contribution in [-0.4, -0.2) is 17.7 Å². The summed E-state index contributed by atoms with van der Waals surface area (Å²) in [5.74, 6) is -0.919. The topological polar surface area (TPSA) is 57.2 Å². The van der Waals surface area contributed by atoms with Crippen molar-refractivity contribution in [2.45, 2.75) is 77.0 Å². The van der Waals surface area contributed by atoms with Crippen LogP contribution in [0.1, 0.15) is 77.0 Å². The minimum Gasteiger partial charge on any atom is -0.478 e. The van der Waals surface area contributed by atoms with E-state index in [1.165, 1.54) is 63.9 Å². The zero-order valence-corrected chi connectivity index (χ0v) is 14.4. The molecule has 0 unspecified atom stereocenters. The molecule has 0 amide bonds. The van der Waals surface area contributed by atoms with E-state index in [1.807, 2.05) is 12.2 Å². The van der Waals surface area contributed by atoms with Gasteiger partial charge >= 0.3 is 5.97 Å². The molecule has 0 heterocycles. The summed E-state index contributed by atoms with van der Waals surface area (Å²) in [5.41, 5.74) is 0. The molecule has 3 nitrogen and oxygen atoms in total. The molecule has 0 aliphatic carbocycles. The zero-order chi connectivity index (χ0) is 17.0. The Morgan fingerprint density at radius 1 is 0.652 bits per heavy atom. The second-order valence-electron chi connectivity index (χ2n) is 5.89. The van der Waals surface area contributed by atoms with Crippen molar-refractivity contribution in [2.24, 2.45) is 0 Å². The van der Waals surface area contributed by atoms with Gasteiger partial charge < -0.3 is 5.11 Å². The van der Waals surface area contributed by atoms with Gasteiger partial charge in [-0.25, -0.2) is 9.90 Å². The third kappa shape index (κ3) is 20.6. The van der Waals surface area contributed by atoms with Crippen molar-refractivity contribution in [1.82, 2.24) is 0 Å². The lowest BCUT2D eigenvalue weighted by atomic mass is 10.1. The number of carboxylic acids is 1. The molecule has 0 bridgehead atoms. The predicted octanol–water partition coefficient (Wildman–Crippen LogP) is 5.85. The van der Waals surface area contributed by atoms with Crippen LogP contribution in [0, 0.1) is 0 Å². The second-order valence-corrected chi connectivity index (χ2v) is 5.89. The number of unbranched alkanes of at least 4 members (excludes halogenated alkanes) is 11. The maximum Gasteiger partial charge on any atom is 0.328 e. The number of aliphatic carboxylic acids is 1. The molecule has 0 aliphatic heterocycles. The van der Waals surface area contributed by atoms with Crippen LogP contribution < -0.4 is 0 Å². The monoisotopic (exact) mass is 321 g/mol. The van der Waals surface area contributed by atoms with Crippen LogP contribution in [0.5, 0.6) is 0 Å². The Balaban J connectivity index is 3.20. The van der Waals surface area contributed by atoms with Gasteiger partial charge in [0.05, 0.1) is 6.61 Å². The van der Waals surface area contributed by atoms with Gasteiger partial charge in [0, 0.05) is 6.08 Å². The SMILES string of the molecule is [O]CCCCCCCCCCCCCC=CC=CC=CC(=O)O. The summed E-state index contributed by atoms with van der Waals surface area (Å²) in [5, 5.41) is 18.7. The lowest BCUT2D eigenvalue weighted by Crippen LogP contribution is -1.84. The van der Waals surface area contributed by atoms with Crippen LogP contribution in [-0.2, 0) is 9.90 Å². The van der Waals surface area contributed by atoms with Crippen molar-refractivity contribution in [3.8, 4) is 0 Å². The first kappa shape index (κ1) is 21.6. The molecule has 0 saturated heterocycles. The first-order chi connectivity index (χ1) is 11.3. The first-order valence-corrected chi connectivity index (χ1v) is 9.08. The van der Waals surface area contributed by atoms with E-state index in [0.717, 1.165) is 25.3 Å².